The van der Waals surface area contributed by atoms with E-state index in [9.17, 15) is 5.11 Å². The molecule has 1 saturated heterocycles. The first-order valence-corrected chi connectivity index (χ1v) is 8.46. The fourth-order valence-electron chi connectivity index (χ4n) is 2.89. The van der Waals surface area contributed by atoms with Crippen molar-refractivity contribution in [2.45, 2.75) is 25.4 Å². The fourth-order valence-corrected chi connectivity index (χ4v) is 3.51. The van der Waals surface area contributed by atoms with Crippen molar-refractivity contribution in [2.75, 3.05) is 13.2 Å². The molecule has 1 aromatic heterocycles. The number of aliphatic hydroxyl groups excluding tert-OH is 1. The van der Waals surface area contributed by atoms with Gasteiger partial charge in [0, 0.05) is 12.6 Å². The molecule has 4 nitrogen and oxygen atoms in total. The van der Waals surface area contributed by atoms with Crippen molar-refractivity contribution in [1.82, 2.24) is 4.90 Å². The largest absolute Gasteiger partial charge is 0.395 e. The average molecular weight is 388 g/mol. The van der Waals surface area contributed by atoms with E-state index in [2.05, 4.69) is 22.0 Å². The molecule has 0 spiro atoms. The number of aliphatic imine (C=N–C) groups is 1. The monoisotopic (exact) mass is 387 g/mol. The molecule has 2 heterocycles. The summed E-state index contributed by atoms with van der Waals surface area (Å²) in [7, 11) is 0. The third kappa shape index (κ3) is 5.19. The van der Waals surface area contributed by atoms with Crippen LogP contribution < -0.4 is 5.73 Å². The zero-order valence-corrected chi connectivity index (χ0v) is 15.7. The topological polar surface area (TPSA) is 61.8 Å². The van der Waals surface area contributed by atoms with Crippen LogP contribution in [0.2, 0.25) is 0 Å². The number of thiophene rings is 1. The van der Waals surface area contributed by atoms with Gasteiger partial charge in [-0.3, -0.25) is 4.90 Å². The van der Waals surface area contributed by atoms with Gasteiger partial charge in [-0.2, -0.15) is 0 Å². The van der Waals surface area contributed by atoms with Crippen molar-refractivity contribution in [3.63, 3.8) is 0 Å². The molecule has 1 fully saturated rings. The average Bonchev–Trinajstić information content (AvgIpc) is 3.19. The maximum Gasteiger partial charge on any atom is 0.141 e. The molecular formula is C17H23Cl2N3OS. The first kappa shape index (κ1) is 20.9. The third-order valence-corrected chi connectivity index (χ3v) is 4.92. The van der Waals surface area contributed by atoms with Crippen molar-refractivity contribution in [1.29, 1.82) is 0 Å². The van der Waals surface area contributed by atoms with Crippen LogP contribution in [0, 0.1) is 0 Å². The summed E-state index contributed by atoms with van der Waals surface area (Å²) >= 11 is 1.59. The van der Waals surface area contributed by atoms with Crippen LogP contribution in [0.4, 0.5) is 5.69 Å². The second-order valence-electron chi connectivity index (χ2n) is 5.59. The normalized spacial score (nSPS) is 18.0. The van der Waals surface area contributed by atoms with Crippen molar-refractivity contribution in [3.05, 3.63) is 52.2 Å². The van der Waals surface area contributed by atoms with Gasteiger partial charge in [0.1, 0.15) is 5.84 Å². The summed E-state index contributed by atoms with van der Waals surface area (Å²) in [6.45, 7) is 2.15. The number of halogens is 2. The van der Waals surface area contributed by atoms with Crippen LogP contribution in [-0.2, 0) is 6.54 Å². The molecule has 0 unspecified atom stereocenters. The van der Waals surface area contributed by atoms with E-state index in [0.717, 1.165) is 36.5 Å². The summed E-state index contributed by atoms with van der Waals surface area (Å²) in [5.41, 5.74) is 8.13. The lowest BCUT2D eigenvalue weighted by Crippen LogP contribution is -2.31. The minimum atomic E-state index is 0. The van der Waals surface area contributed by atoms with Crippen molar-refractivity contribution in [2.24, 2.45) is 10.7 Å². The molecule has 0 bridgehead atoms. The van der Waals surface area contributed by atoms with Gasteiger partial charge in [0.05, 0.1) is 17.2 Å². The Kier molecular flexibility index (Phi) is 8.73. The van der Waals surface area contributed by atoms with Gasteiger partial charge >= 0.3 is 0 Å². The smallest absolute Gasteiger partial charge is 0.141 e. The molecule has 3 N–H and O–H groups in total. The Labute approximate surface area is 159 Å². The van der Waals surface area contributed by atoms with E-state index in [4.69, 9.17) is 5.73 Å². The summed E-state index contributed by atoms with van der Waals surface area (Å²) in [6, 6.07) is 12.4. The van der Waals surface area contributed by atoms with Gasteiger partial charge in [-0.05, 0) is 48.5 Å². The molecule has 1 aliphatic heterocycles. The first-order chi connectivity index (χ1) is 10.8. The van der Waals surface area contributed by atoms with Crippen LogP contribution in [0.3, 0.4) is 0 Å². The van der Waals surface area contributed by atoms with E-state index < -0.39 is 0 Å². The van der Waals surface area contributed by atoms with Gasteiger partial charge in [0.2, 0.25) is 0 Å². The lowest BCUT2D eigenvalue weighted by atomic mass is 10.1. The maximum atomic E-state index is 9.41. The molecule has 0 radical (unpaired) electrons. The highest BCUT2D eigenvalue weighted by molar-refractivity contribution is 7.12. The number of nitrogens with zero attached hydrogens (tertiary/aromatic N) is 2. The number of likely N-dealkylation sites (tertiary alicyclic amines) is 1. The number of benzene rings is 1. The van der Waals surface area contributed by atoms with Gasteiger partial charge < -0.3 is 10.8 Å². The zero-order valence-electron chi connectivity index (χ0n) is 13.3. The lowest BCUT2D eigenvalue weighted by Gasteiger charge is -2.22. The van der Waals surface area contributed by atoms with Gasteiger partial charge in [-0.1, -0.05) is 18.2 Å². The van der Waals surface area contributed by atoms with Gasteiger partial charge in [-0.25, -0.2) is 4.99 Å². The summed E-state index contributed by atoms with van der Waals surface area (Å²) < 4.78 is 0. The van der Waals surface area contributed by atoms with Crippen molar-refractivity contribution in [3.8, 4) is 0 Å². The zero-order chi connectivity index (χ0) is 15.4. The maximum absolute atomic E-state index is 9.41. The van der Waals surface area contributed by atoms with E-state index in [1.165, 1.54) is 5.56 Å². The Morgan fingerprint density at radius 1 is 1.29 bits per heavy atom. The lowest BCUT2D eigenvalue weighted by molar-refractivity contribution is 0.153. The molecule has 3 rings (SSSR count). The van der Waals surface area contributed by atoms with Crippen LogP contribution in [0.25, 0.3) is 0 Å². The SMILES string of the molecule is Cl.Cl.NC(=Nc1cccc(CN2CCC[C@H]2CO)c1)c1cccs1. The van der Waals surface area contributed by atoms with Gasteiger partial charge in [-0.15, -0.1) is 36.2 Å². The molecule has 0 saturated carbocycles. The summed E-state index contributed by atoms with van der Waals surface area (Å²) in [5, 5.41) is 11.4. The Morgan fingerprint density at radius 2 is 2.12 bits per heavy atom. The molecule has 0 amide bonds. The molecule has 2 aromatic rings. The van der Waals surface area contributed by atoms with Crippen molar-refractivity contribution >= 4 is 47.7 Å². The molecule has 7 heteroatoms. The van der Waals surface area contributed by atoms with Crippen molar-refractivity contribution < 1.29 is 5.11 Å². The number of rotatable bonds is 5. The third-order valence-electron chi connectivity index (χ3n) is 4.03. The summed E-state index contributed by atoms with van der Waals surface area (Å²) in [4.78, 5) is 7.84. The quantitative estimate of drug-likeness (QED) is 0.608. The second kappa shape index (κ2) is 10.0. The summed E-state index contributed by atoms with van der Waals surface area (Å²) in [5.74, 6) is 0.557. The summed E-state index contributed by atoms with van der Waals surface area (Å²) in [6.07, 6.45) is 2.24. The molecule has 132 valence electrons. The number of hydrogen-bond acceptors (Lipinski definition) is 4. The molecule has 1 aliphatic rings. The molecule has 1 atom stereocenters. The molecular weight excluding hydrogens is 365 g/mol. The Morgan fingerprint density at radius 3 is 2.83 bits per heavy atom. The minimum absolute atomic E-state index is 0. The minimum Gasteiger partial charge on any atom is -0.395 e. The first-order valence-electron chi connectivity index (χ1n) is 7.58. The molecule has 1 aromatic carbocycles. The number of aliphatic hydroxyl groups is 1. The Bertz CT molecular complexity index is 649. The van der Waals surface area contributed by atoms with Crippen LogP contribution >= 0.6 is 36.2 Å². The Balaban J connectivity index is 0.00000144. The van der Waals surface area contributed by atoms with E-state index in [1.807, 2.05) is 29.6 Å². The number of hydrogen-bond donors (Lipinski definition) is 2. The molecule has 24 heavy (non-hydrogen) atoms. The predicted molar refractivity (Wildman–Crippen MR) is 106 cm³/mol. The Hall–Kier alpha value is -1.11. The number of nitrogens with two attached hydrogens (primary N) is 1. The van der Waals surface area contributed by atoms with E-state index in [0.29, 0.717) is 11.9 Å². The van der Waals surface area contributed by atoms with Crippen LogP contribution in [0.15, 0.2) is 46.8 Å². The number of amidine groups is 1. The van der Waals surface area contributed by atoms with Crippen LogP contribution in [0.5, 0.6) is 0 Å². The van der Waals surface area contributed by atoms with Gasteiger partial charge in [0.25, 0.3) is 0 Å². The van der Waals surface area contributed by atoms with Crippen LogP contribution in [-0.4, -0.2) is 35.0 Å². The highest BCUT2D eigenvalue weighted by Gasteiger charge is 2.23. The van der Waals surface area contributed by atoms with E-state index >= 15 is 0 Å². The highest BCUT2D eigenvalue weighted by Crippen LogP contribution is 2.22. The van der Waals surface area contributed by atoms with Gasteiger partial charge in [0.15, 0.2) is 0 Å². The second-order valence-corrected chi connectivity index (χ2v) is 6.54. The van der Waals surface area contributed by atoms with E-state index in [-0.39, 0.29) is 31.4 Å². The van der Waals surface area contributed by atoms with Crippen LogP contribution in [0.1, 0.15) is 23.3 Å². The molecule has 0 aliphatic carbocycles. The fraction of sp³-hybridized carbons (Fsp3) is 0.353. The van der Waals surface area contributed by atoms with E-state index in [1.54, 1.807) is 11.3 Å². The predicted octanol–water partition coefficient (Wildman–Crippen LogP) is 3.59. The standard InChI is InChI=1S/C17H21N3OS.2ClH/c18-17(16-7-3-9-22-16)19-14-5-1-4-13(10-14)11-20-8-2-6-15(20)12-21;;/h1,3-5,7,9-10,15,21H,2,6,8,11-12H2,(H2,18,19);2*1H/t15-;;/m0../s1. The highest BCUT2D eigenvalue weighted by atomic mass is 35.5.